The van der Waals surface area contributed by atoms with Gasteiger partial charge in [0.25, 0.3) is 0 Å². The first-order valence-corrected chi connectivity index (χ1v) is 7.75. The molecule has 0 spiro atoms. The van der Waals surface area contributed by atoms with Gasteiger partial charge in [-0.15, -0.1) is 0 Å². The molecule has 24 heavy (non-hydrogen) atoms. The van der Waals surface area contributed by atoms with Crippen LogP contribution >= 0.6 is 0 Å². The fourth-order valence-corrected chi connectivity index (χ4v) is 2.30. The minimum atomic E-state index is -0.211. The maximum absolute atomic E-state index is 11.9. The molecule has 0 saturated carbocycles. The van der Waals surface area contributed by atoms with Gasteiger partial charge in [0.15, 0.2) is 11.5 Å². The van der Waals surface area contributed by atoms with Crippen molar-refractivity contribution in [2.45, 2.75) is 19.9 Å². The van der Waals surface area contributed by atoms with E-state index in [1.807, 2.05) is 42.9 Å². The van der Waals surface area contributed by atoms with Gasteiger partial charge in [-0.25, -0.2) is 4.79 Å². The monoisotopic (exact) mass is 332 g/mol. The molecule has 1 heterocycles. The molecule has 0 atom stereocenters. The average Bonchev–Trinajstić information content (AvgIpc) is 2.90. The van der Waals surface area contributed by atoms with Gasteiger partial charge in [-0.2, -0.15) is 5.10 Å². The number of ether oxygens (including phenoxy) is 2. The van der Waals surface area contributed by atoms with E-state index in [4.69, 9.17) is 9.47 Å². The second-order valence-electron chi connectivity index (χ2n) is 5.45. The highest BCUT2D eigenvalue weighted by molar-refractivity contribution is 5.73. The third-order valence-electron chi connectivity index (χ3n) is 3.73. The number of nitrogens with one attached hydrogen (secondary N) is 2. The summed E-state index contributed by atoms with van der Waals surface area (Å²) in [6, 6.07) is 7.35. The summed E-state index contributed by atoms with van der Waals surface area (Å²) >= 11 is 0. The highest BCUT2D eigenvalue weighted by Crippen LogP contribution is 2.27. The standard InChI is InChI=1S/C17H24N4O3/c1-12-9-14(20-21(12)2)7-8-18-17(22)19-11-13-5-6-15(23-3)16(10-13)24-4/h5-6,9-10H,7-8,11H2,1-4H3,(H2,18,19,22). The van der Waals surface area contributed by atoms with Gasteiger partial charge in [-0.1, -0.05) is 6.07 Å². The van der Waals surface area contributed by atoms with E-state index in [-0.39, 0.29) is 6.03 Å². The summed E-state index contributed by atoms with van der Waals surface area (Å²) in [6.45, 7) is 2.95. The van der Waals surface area contributed by atoms with E-state index in [1.54, 1.807) is 14.2 Å². The van der Waals surface area contributed by atoms with Crippen LogP contribution in [0.3, 0.4) is 0 Å². The molecule has 0 fully saturated rings. The highest BCUT2D eigenvalue weighted by atomic mass is 16.5. The third kappa shape index (κ3) is 4.65. The van der Waals surface area contributed by atoms with Crippen LogP contribution in [0.25, 0.3) is 0 Å². The van der Waals surface area contributed by atoms with Crippen molar-refractivity contribution in [1.29, 1.82) is 0 Å². The summed E-state index contributed by atoms with van der Waals surface area (Å²) in [6.07, 6.45) is 0.700. The molecular formula is C17H24N4O3. The molecule has 1 aromatic heterocycles. The summed E-state index contributed by atoms with van der Waals surface area (Å²) in [4.78, 5) is 11.9. The van der Waals surface area contributed by atoms with Gasteiger partial charge in [0.2, 0.25) is 0 Å². The van der Waals surface area contributed by atoms with Gasteiger partial charge in [-0.3, -0.25) is 4.68 Å². The van der Waals surface area contributed by atoms with Crippen molar-refractivity contribution in [2.24, 2.45) is 7.05 Å². The van der Waals surface area contributed by atoms with Crippen LogP contribution in [0.2, 0.25) is 0 Å². The van der Waals surface area contributed by atoms with Crippen molar-refractivity contribution in [1.82, 2.24) is 20.4 Å². The lowest BCUT2D eigenvalue weighted by Gasteiger charge is -2.11. The number of urea groups is 1. The van der Waals surface area contributed by atoms with E-state index >= 15 is 0 Å². The molecule has 130 valence electrons. The van der Waals surface area contributed by atoms with Crippen LogP contribution in [0, 0.1) is 6.92 Å². The van der Waals surface area contributed by atoms with Crippen LogP contribution < -0.4 is 20.1 Å². The minimum Gasteiger partial charge on any atom is -0.493 e. The van der Waals surface area contributed by atoms with Gasteiger partial charge in [0.1, 0.15) is 0 Å². The molecule has 2 N–H and O–H groups in total. The number of aryl methyl sites for hydroxylation is 2. The number of hydrogen-bond donors (Lipinski definition) is 2. The highest BCUT2D eigenvalue weighted by Gasteiger charge is 2.06. The molecule has 0 unspecified atom stereocenters. The Balaban J connectivity index is 1.76. The molecule has 1 aromatic carbocycles. The van der Waals surface area contributed by atoms with Crippen LogP contribution in [-0.2, 0) is 20.0 Å². The van der Waals surface area contributed by atoms with Crippen molar-refractivity contribution in [3.63, 3.8) is 0 Å². The Morgan fingerprint density at radius 3 is 2.54 bits per heavy atom. The van der Waals surface area contributed by atoms with Crippen LogP contribution in [0.15, 0.2) is 24.3 Å². The number of carbonyl (C=O) groups excluding carboxylic acids is 1. The molecule has 0 aliphatic rings. The Bertz CT molecular complexity index is 678. The number of nitrogens with zero attached hydrogens (tertiary/aromatic N) is 2. The summed E-state index contributed by atoms with van der Waals surface area (Å²) < 4.78 is 12.3. The van der Waals surface area contributed by atoms with Crippen LogP contribution in [0.1, 0.15) is 17.0 Å². The molecular weight excluding hydrogens is 308 g/mol. The number of hydrogen-bond acceptors (Lipinski definition) is 4. The minimum absolute atomic E-state index is 0.211. The first-order chi connectivity index (χ1) is 11.5. The van der Waals surface area contributed by atoms with E-state index < -0.39 is 0 Å². The molecule has 2 rings (SSSR count). The molecule has 0 aliphatic heterocycles. The molecule has 7 nitrogen and oxygen atoms in total. The first-order valence-electron chi connectivity index (χ1n) is 7.75. The molecule has 0 saturated heterocycles. The third-order valence-corrected chi connectivity index (χ3v) is 3.73. The van der Waals surface area contributed by atoms with Crippen LogP contribution in [-0.4, -0.2) is 36.6 Å². The van der Waals surface area contributed by atoms with E-state index in [2.05, 4.69) is 15.7 Å². The van der Waals surface area contributed by atoms with Crippen molar-refractivity contribution < 1.29 is 14.3 Å². The zero-order chi connectivity index (χ0) is 17.5. The van der Waals surface area contributed by atoms with E-state index in [0.29, 0.717) is 31.0 Å². The number of rotatable bonds is 7. The topological polar surface area (TPSA) is 77.4 Å². The zero-order valence-electron chi connectivity index (χ0n) is 14.5. The Labute approximate surface area is 142 Å². The summed E-state index contributed by atoms with van der Waals surface area (Å²) in [5, 5.41) is 10.00. The molecule has 2 aromatic rings. The van der Waals surface area contributed by atoms with E-state index in [1.165, 1.54) is 0 Å². The average molecular weight is 332 g/mol. The van der Waals surface area contributed by atoms with Crippen molar-refractivity contribution in [2.75, 3.05) is 20.8 Å². The fourth-order valence-electron chi connectivity index (χ4n) is 2.30. The van der Waals surface area contributed by atoms with Gasteiger partial charge in [0.05, 0.1) is 19.9 Å². The molecule has 0 bridgehead atoms. The molecule has 0 radical (unpaired) electrons. The Morgan fingerprint density at radius 2 is 1.92 bits per heavy atom. The number of amides is 2. The van der Waals surface area contributed by atoms with E-state index in [0.717, 1.165) is 17.0 Å². The van der Waals surface area contributed by atoms with Crippen LogP contribution in [0.4, 0.5) is 4.79 Å². The Kier molecular flexibility index (Phi) is 6.06. The second-order valence-corrected chi connectivity index (χ2v) is 5.45. The summed E-state index contributed by atoms with van der Waals surface area (Å²) in [5.74, 6) is 1.30. The maximum atomic E-state index is 11.9. The SMILES string of the molecule is COc1ccc(CNC(=O)NCCc2cc(C)n(C)n2)cc1OC. The normalized spacial score (nSPS) is 10.3. The zero-order valence-corrected chi connectivity index (χ0v) is 14.5. The Hall–Kier alpha value is -2.70. The summed E-state index contributed by atoms with van der Waals surface area (Å²) in [7, 11) is 5.08. The lowest BCUT2D eigenvalue weighted by atomic mass is 10.2. The molecule has 2 amide bonds. The fraction of sp³-hybridized carbons (Fsp3) is 0.412. The lowest BCUT2D eigenvalue weighted by molar-refractivity contribution is 0.240. The van der Waals surface area contributed by atoms with Gasteiger partial charge in [0, 0.05) is 32.3 Å². The molecule has 0 aliphatic carbocycles. The van der Waals surface area contributed by atoms with Crippen molar-refractivity contribution in [3.8, 4) is 11.5 Å². The van der Waals surface area contributed by atoms with Crippen molar-refractivity contribution in [3.05, 3.63) is 41.2 Å². The largest absolute Gasteiger partial charge is 0.493 e. The number of benzene rings is 1. The Morgan fingerprint density at radius 1 is 1.17 bits per heavy atom. The smallest absolute Gasteiger partial charge is 0.315 e. The van der Waals surface area contributed by atoms with Gasteiger partial charge < -0.3 is 20.1 Å². The maximum Gasteiger partial charge on any atom is 0.315 e. The number of carbonyl (C=O) groups is 1. The first kappa shape index (κ1) is 17.7. The number of aromatic nitrogens is 2. The second kappa shape index (κ2) is 8.24. The quantitative estimate of drug-likeness (QED) is 0.810. The predicted molar refractivity (Wildman–Crippen MR) is 91.4 cm³/mol. The van der Waals surface area contributed by atoms with Crippen LogP contribution in [0.5, 0.6) is 11.5 Å². The van der Waals surface area contributed by atoms with Gasteiger partial charge in [-0.05, 0) is 30.7 Å². The number of methoxy groups -OCH3 is 2. The predicted octanol–water partition coefficient (Wildman–Crippen LogP) is 1.79. The molecule has 7 heteroatoms. The summed E-state index contributed by atoms with van der Waals surface area (Å²) in [5.41, 5.74) is 3.00. The lowest BCUT2D eigenvalue weighted by Crippen LogP contribution is -2.36. The van der Waals surface area contributed by atoms with E-state index in [9.17, 15) is 4.79 Å². The van der Waals surface area contributed by atoms with Crippen molar-refractivity contribution >= 4 is 6.03 Å². The van der Waals surface area contributed by atoms with Gasteiger partial charge >= 0.3 is 6.03 Å².